The Kier molecular flexibility index (Phi) is 3.60. The molecule has 3 nitrogen and oxygen atoms in total. The number of benzene rings is 1. The molecule has 0 spiro atoms. The Morgan fingerprint density at radius 1 is 1.06 bits per heavy atom. The van der Waals surface area contributed by atoms with Crippen molar-refractivity contribution in [1.29, 1.82) is 0 Å². The van der Waals surface area contributed by atoms with Crippen LogP contribution in [0.15, 0.2) is 29.8 Å². The van der Waals surface area contributed by atoms with E-state index in [1.54, 1.807) is 0 Å². The number of amides is 2. The predicted molar refractivity (Wildman–Crippen MR) is 70.8 cm³/mol. The van der Waals surface area contributed by atoms with Crippen molar-refractivity contribution in [1.82, 2.24) is 5.32 Å². The van der Waals surface area contributed by atoms with Gasteiger partial charge in [-0.25, -0.2) is 0 Å². The van der Waals surface area contributed by atoms with Gasteiger partial charge in [0.2, 0.25) is 5.91 Å². The Morgan fingerprint density at radius 3 is 2.39 bits per heavy atom. The number of nitrogens with one attached hydrogen (secondary N) is 1. The molecule has 1 heterocycles. The van der Waals surface area contributed by atoms with Crippen molar-refractivity contribution in [3.05, 3.63) is 41.0 Å². The van der Waals surface area contributed by atoms with Gasteiger partial charge in [-0.1, -0.05) is 38.1 Å². The molecule has 0 saturated heterocycles. The maximum atomic E-state index is 12.0. The van der Waals surface area contributed by atoms with E-state index >= 15 is 0 Å². The molecule has 1 aliphatic heterocycles. The van der Waals surface area contributed by atoms with Gasteiger partial charge in [0.1, 0.15) is 0 Å². The largest absolute Gasteiger partial charge is 0.292 e. The predicted octanol–water partition coefficient (Wildman–Crippen LogP) is 2.46. The molecule has 2 rings (SSSR count). The number of fused-ring (bicyclic) bond motifs is 1. The third kappa shape index (κ3) is 2.21. The lowest BCUT2D eigenvalue weighted by Gasteiger charge is -2.19. The molecule has 0 saturated carbocycles. The van der Waals surface area contributed by atoms with Gasteiger partial charge in [0, 0.05) is 5.57 Å². The molecule has 1 aromatic carbocycles. The fraction of sp³-hybridized carbons (Fsp3) is 0.333. The van der Waals surface area contributed by atoms with Crippen LogP contribution in [0.1, 0.15) is 37.8 Å². The van der Waals surface area contributed by atoms with E-state index in [1.807, 2.05) is 38.1 Å². The molecule has 3 heteroatoms. The number of rotatable bonds is 2. The van der Waals surface area contributed by atoms with Gasteiger partial charge >= 0.3 is 0 Å². The van der Waals surface area contributed by atoms with E-state index in [-0.39, 0.29) is 18.2 Å². The number of hydrogen-bond donors (Lipinski definition) is 1. The summed E-state index contributed by atoms with van der Waals surface area (Å²) in [5.74, 6) is -0.470. The van der Waals surface area contributed by atoms with E-state index in [9.17, 15) is 9.59 Å². The minimum absolute atomic E-state index is 0.228. The Hall–Kier alpha value is -1.90. The highest BCUT2D eigenvalue weighted by molar-refractivity contribution is 6.10. The first-order chi connectivity index (χ1) is 8.67. The van der Waals surface area contributed by atoms with Crippen molar-refractivity contribution >= 4 is 17.4 Å². The molecule has 0 unspecified atom stereocenters. The molecule has 94 valence electrons. The normalized spacial score (nSPS) is 19.9. The summed E-state index contributed by atoms with van der Waals surface area (Å²) in [6.07, 6.45) is 1.70. The molecule has 1 aliphatic rings. The summed E-state index contributed by atoms with van der Waals surface area (Å²) in [6.45, 7) is 3.98. The summed E-state index contributed by atoms with van der Waals surface area (Å²) >= 11 is 0. The molecule has 18 heavy (non-hydrogen) atoms. The molecule has 0 radical (unpaired) electrons. The second-order valence-electron chi connectivity index (χ2n) is 4.38. The van der Waals surface area contributed by atoms with Gasteiger partial charge in [-0.05, 0) is 29.5 Å². The van der Waals surface area contributed by atoms with E-state index in [0.29, 0.717) is 6.42 Å². The van der Waals surface area contributed by atoms with Crippen LogP contribution in [0.5, 0.6) is 0 Å². The van der Waals surface area contributed by atoms with Crippen LogP contribution in [-0.2, 0) is 16.0 Å². The lowest BCUT2D eigenvalue weighted by Crippen LogP contribution is -2.34. The fourth-order valence-corrected chi connectivity index (χ4v) is 2.47. The lowest BCUT2D eigenvalue weighted by atomic mass is 9.89. The third-order valence-electron chi connectivity index (χ3n) is 3.29. The van der Waals surface area contributed by atoms with E-state index in [4.69, 9.17) is 0 Å². The van der Waals surface area contributed by atoms with Crippen LogP contribution in [0, 0.1) is 0 Å². The molecule has 1 N–H and O–H groups in total. The molecule has 0 atom stereocenters. The lowest BCUT2D eigenvalue weighted by molar-refractivity contribution is -0.128. The second-order valence-corrected chi connectivity index (χ2v) is 4.38. The topological polar surface area (TPSA) is 46.2 Å². The minimum atomic E-state index is -0.242. The number of carbonyl (C=O) groups is 2. The maximum Gasteiger partial charge on any atom is 0.254 e. The fourth-order valence-electron chi connectivity index (χ4n) is 2.47. The van der Waals surface area contributed by atoms with Gasteiger partial charge in [0.05, 0.1) is 6.42 Å². The molecular weight excluding hydrogens is 226 g/mol. The van der Waals surface area contributed by atoms with Crippen LogP contribution >= 0.6 is 0 Å². The third-order valence-corrected chi connectivity index (χ3v) is 3.29. The van der Waals surface area contributed by atoms with E-state index in [0.717, 1.165) is 28.7 Å². The Balaban J connectivity index is 2.67. The average Bonchev–Trinajstić information content (AvgIpc) is 2.35. The first-order valence-corrected chi connectivity index (χ1v) is 6.31. The Morgan fingerprint density at radius 2 is 1.72 bits per heavy atom. The highest BCUT2D eigenvalue weighted by Crippen LogP contribution is 2.28. The summed E-state index contributed by atoms with van der Waals surface area (Å²) in [7, 11) is 0. The average molecular weight is 243 g/mol. The molecular formula is C15H17NO2. The van der Waals surface area contributed by atoms with Crippen LogP contribution in [0.2, 0.25) is 0 Å². The summed E-state index contributed by atoms with van der Waals surface area (Å²) < 4.78 is 0. The van der Waals surface area contributed by atoms with E-state index in [1.165, 1.54) is 0 Å². The zero-order chi connectivity index (χ0) is 13.1. The molecule has 0 aliphatic carbocycles. The van der Waals surface area contributed by atoms with E-state index < -0.39 is 0 Å². The van der Waals surface area contributed by atoms with E-state index in [2.05, 4.69) is 5.32 Å². The van der Waals surface area contributed by atoms with Gasteiger partial charge in [0.25, 0.3) is 5.91 Å². The Labute approximate surface area is 107 Å². The highest BCUT2D eigenvalue weighted by atomic mass is 16.2. The van der Waals surface area contributed by atoms with Gasteiger partial charge in [-0.15, -0.1) is 0 Å². The monoisotopic (exact) mass is 243 g/mol. The van der Waals surface area contributed by atoms with Crippen molar-refractivity contribution in [2.75, 3.05) is 0 Å². The van der Waals surface area contributed by atoms with Gasteiger partial charge in [0.15, 0.2) is 0 Å². The number of imide groups is 1. The maximum absolute atomic E-state index is 12.0. The highest BCUT2D eigenvalue weighted by Gasteiger charge is 2.22. The van der Waals surface area contributed by atoms with Gasteiger partial charge in [-0.2, -0.15) is 0 Å². The summed E-state index contributed by atoms with van der Waals surface area (Å²) in [5, 5.41) is 2.45. The van der Waals surface area contributed by atoms with Crippen LogP contribution in [0.25, 0.3) is 5.57 Å². The number of hydrogen-bond acceptors (Lipinski definition) is 2. The van der Waals surface area contributed by atoms with Gasteiger partial charge in [-0.3, -0.25) is 14.9 Å². The molecule has 0 fully saturated rings. The summed E-state index contributed by atoms with van der Waals surface area (Å²) in [4.78, 5) is 23.7. The van der Waals surface area contributed by atoms with Crippen LogP contribution in [-0.4, -0.2) is 11.8 Å². The molecule has 1 aromatic rings. The van der Waals surface area contributed by atoms with Crippen molar-refractivity contribution in [3.8, 4) is 0 Å². The van der Waals surface area contributed by atoms with Crippen LogP contribution in [0.3, 0.4) is 0 Å². The molecule has 0 bridgehead atoms. The van der Waals surface area contributed by atoms with Crippen molar-refractivity contribution < 1.29 is 9.59 Å². The quantitative estimate of drug-likeness (QED) is 0.811. The zero-order valence-electron chi connectivity index (χ0n) is 10.7. The van der Waals surface area contributed by atoms with Crippen molar-refractivity contribution in [2.45, 2.75) is 33.1 Å². The smallest absolute Gasteiger partial charge is 0.254 e. The summed E-state index contributed by atoms with van der Waals surface area (Å²) in [5.41, 5.74) is 3.81. The van der Waals surface area contributed by atoms with Crippen molar-refractivity contribution in [2.24, 2.45) is 0 Å². The Bertz CT molecular complexity index is 529. The number of allylic oxidation sites excluding steroid dienone is 1. The number of carbonyl (C=O) groups excluding carboxylic acids is 2. The van der Waals surface area contributed by atoms with Crippen LogP contribution < -0.4 is 5.32 Å². The second kappa shape index (κ2) is 5.17. The SMILES string of the molecule is CC/C1=C(\CC)c2ccccc2CC(=O)NC1=O. The van der Waals surface area contributed by atoms with Crippen LogP contribution in [0.4, 0.5) is 0 Å². The van der Waals surface area contributed by atoms with Crippen molar-refractivity contribution in [3.63, 3.8) is 0 Å². The molecule has 0 aromatic heterocycles. The first-order valence-electron chi connectivity index (χ1n) is 6.31. The zero-order valence-corrected chi connectivity index (χ0v) is 10.7. The summed E-state index contributed by atoms with van der Waals surface area (Å²) in [6, 6.07) is 7.82. The first kappa shape index (κ1) is 12.6. The standard InChI is InChI=1S/C15H17NO2/c1-3-11-12(4-2)15(18)16-14(17)9-10-7-5-6-8-13(10)11/h5-8H,3-4,9H2,1-2H3,(H,16,17,18)/b12-11-. The molecule has 2 amide bonds. The van der Waals surface area contributed by atoms with Gasteiger partial charge < -0.3 is 0 Å². The minimum Gasteiger partial charge on any atom is -0.292 e.